The number of nitrogens with zero attached hydrogens (tertiary/aromatic N) is 1. The van der Waals surface area contributed by atoms with E-state index in [4.69, 9.17) is 21.1 Å². The van der Waals surface area contributed by atoms with Crippen LogP contribution in [0.15, 0.2) is 89.8 Å². The van der Waals surface area contributed by atoms with Gasteiger partial charge in [-0.1, -0.05) is 60.1 Å². The molecular formula is C39H44ClF2N3O6S. The molecule has 0 radical (unpaired) electrons. The molecule has 0 saturated heterocycles. The number of carbonyl (C=O) groups is 2. The number of benzene rings is 4. The summed E-state index contributed by atoms with van der Waals surface area (Å²) in [7, 11) is -3.35. The first-order chi connectivity index (χ1) is 24.5. The first kappa shape index (κ1) is 39.0. The van der Waals surface area contributed by atoms with Crippen LogP contribution in [0.25, 0.3) is 21.9 Å². The van der Waals surface area contributed by atoms with Crippen molar-refractivity contribution in [3.63, 3.8) is 0 Å². The second-order valence-corrected chi connectivity index (χ2v) is 16.1. The van der Waals surface area contributed by atoms with Crippen LogP contribution in [0.4, 0.5) is 13.6 Å². The molecule has 5 rings (SSSR count). The predicted octanol–water partition coefficient (Wildman–Crippen LogP) is 8.29. The Kier molecular flexibility index (Phi) is 12.1. The van der Waals surface area contributed by atoms with Gasteiger partial charge < -0.3 is 19.7 Å². The molecule has 0 spiro atoms. The van der Waals surface area contributed by atoms with Gasteiger partial charge in [0.1, 0.15) is 11.4 Å². The summed E-state index contributed by atoms with van der Waals surface area (Å²) in [4.78, 5) is 26.5. The number of alkyl halides is 2. The third-order valence-electron chi connectivity index (χ3n) is 8.74. The van der Waals surface area contributed by atoms with Crippen LogP contribution >= 0.6 is 11.6 Å². The van der Waals surface area contributed by atoms with E-state index in [0.29, 0.717) is 27.1 Å². The molecule has 2 N–H and O–H groups in total. The second kappa shape index (κ2) is 16.2. The van der Waals surface area contributed by atoms with Crippen LogP contribution in [0.3, 0.4) is 0 Å². The highest BCUT2D eigenvalue weighted by atomic mass is 35.5. The zero-order chi connectivity index (χ0) is 37.7. The van der Waals surface area contributed by atoms with Crippen LogP contribution in [0.1, 0.15) is 58.4 Å². The van der Waals surface area contributed by atoms with E-state index in [2.05, 4.69) is 5.32 Å². The lowest BCUT2D eigenvalue weighted by molar-refractivity contribution is -0.143. The topological polar surface area (TPSA) is 114 Å². The van der Waals surface area contributed by atoms with Crippen LogP contribution in [0, 0.1) is 0 Å². The maximum atomic E-state index is 16.5. The van der Waals surface area contributed by atoms with E-state index in [0.717, 1.165) is 36.1 Å². The first-order valence-corrected chi connectivity index (χ1v) is 19.1. The van der Waals surface area contributed by atoms with E-state index in [9.17, 15) is 18.0 Å². The van der Waals surface area contributed by atoms with Gasteiger partial charge in [0.2, 0.25) is 15.9 Å². The van der Waals surface area contributed by atoms with Gasteiger partial charge in [-0.15, -0.1) is 0 Å². The van der Waals surface area contributed by atoms with Crippen molar-refractivity contribution < 1.29 is 36.3 Å². The van der Waals surface area contributed by atoms with E-state index in [-0.39, 0.29) is 30.5 Å². The molecule has 4 aromatic rings. The Morgan fingerprint density at radius 2 is 1.50 bits per heavy atom. The highest BCUT2D eigenvalue weighted by Crippen LogP contribution is 2.36. The van der Waals surface area contributed by atoms with Gasteiger partial charge in [-0.2, -0.15) is 13.5 Å². The Balaban J connectivity index is 1.38. The average Bonchev–Trinajstić information content (AvgIpc) is 3.61. The highest BCUT2D eigenvalue weighted by Gasteiger charge is 2.49. The Hall–Kier alpha value is -4.26. The Bertz CT molecular complexity index is 1980. The van der Waals surface area contributed by atoms with Crippen molar-refractivity contribution >= 4 is 44.4 Å². The number of nitrogens with one attached hydrogen (secondary N) is 2. The molecular weight excluding hydrogens is 712 g/mol. The van der Waals surface area contributed by atoms with Crippen LogP contribution in [-0.2, 0) is 25.5 Å². The third kappa shape index (κ3) is 9.99. The van der Waals surface area contributed by atoms with Crippen LogP contribution in [0.2, 0.25) is 5.02 Å². The number of sulfonamides is 1. The van der Waals surface area contributed by atoms with E-state index in [1.54, 1.807) is 63.2 Å². The number of carbonyl (C=O) groups excluding carboxylic acids is 2. The molecule has 1 unspecified atom stereocenters. The summed E-state index contributed by atoms with van der Waals surface area (Å²) in [6.07, 6.45) is 3.88. The molecule has 13 heteroatoms. The SMILES string of the molecule is CN(CCCNC(=O)OC(C)(C)C)C(=O)C(NS(=O)(=O)c1ccc2cc(OC3CCCC3)ccc2c1)C(F)(F)c1ccc(-c2ccc(Cl)cc2)cc1. The van der Waals surface area contributed by atoms with Gasteiger partial charge in [0.15, 0.2) is 6.04 Å². The number of rotatable bonds is 13. The Morgan fingerprint density at radius 3 is 2.13 bits per heavy atom. The molecule has 9 nitrogen and oxygen atoms in total. The molecule has 1 atom stereocenters. The minimum Gasteiger partial charge on any atom is -0.490 e. The largest absolute Gasteiger partial charge is 0.490 e. The minimum atomic E-state index is -4.65. The molecule has 1 fully saturated rings. The molecule has 278 valence electrons. The van der Waals surface area contributed by atoms with Crippen molar-refractivity contribution in [3.05, 3.63) is 95.5 Å². The van der Waals surface area contributed by atoms with Gasteiger partial charge in [0.05, 0.1) is 11.0 Å². The summed E-state index contributed by atoms with van der Waals surface area (Å²) >= 11 is 5.99. The first-order valence-electron chi connectivity index (χ1n) is 17.2. The smallest absolute Gasteiger partial charge is 0.407 e. The normalized spacial score (nSPS) is 14.6. The molecule has 52 heavy (non-hydrogen) atoms. The van der Waals surface area contributed by atoms with Crippen molar-refractivity contribution in [2.75, 3.05) is 20.1 Å². The van der Waals surface area contributed by atoms with Crippen LogP contribution < -0.4 is 14.8 Å². The molecule has 0 heterocycles. The molecule has 1 saturated carbocycles. The van der Waals surface area contributed by atoms with E-state index < -0.39 is 45.2 Å². The van der Waals surface area contributed by atoms with Gasteiger partial charge in [0.25, 0.3) is 5.92 Å². The lowest BCUT2D eigenvalue weighted by atomic mass is 9.97. The number of hydrogen-bond acceptors (Lipinski definition) is 6. The highest BCUT2D eigenvalue weighted by molar-refractivity contribution is 7.89. The quantitative estimate of drug-likeness (QED) is 0.133. The number of halogens is 3. The van der Waals surface area contributed by atoms with Gasteiger partial charge in [-0.05, 0) is 111 Å². The van der Waals surface area contributed by atoms with E-state index in [1.165, 1.54) is 43.4 Å². The summed E-state index contributed by atoms with van der Waals surface area (Å²) in [5.41, 5.74) is 0.0969. The summed E-state index contributed by atoms with van der Waals surface area (Å²) in [6.45, 7) is 5.18. The summed E-state index contributed by atoms with van der Waals surface area (Å²) in [6, 6.07) is 19.2. The predicted molar refractivity (Wildman–Crippen MR) is 198 cm³/mol. The maximum Gasteiger partial charge on any atom is 0.407 e. The van der Waals surface area contributed by atoms with Gasteiger partial charge in [-0.25, -0.2) is 13.2 Å². The number of likely N-dealkylation sites (N-methyl/N-ethyl adjacent to an activating group) is 1. The van der Waals surface area contributed by atoms with Crippen LogP contribution in [0.5, 0.6) is 5.75 Å². The Morgan fingerprint density at radius 1 is 0.904 bits per heavy atom. The number of fused-ring (bicyclic) bond motifs is 1. The molecule has 0 bridgehead atoms. The number of hydrogen-bond donors (Lipinski definition) is 2. The zero-order valence-electron chi connectivity index (χ0n) is 29.6. The monoisotopic (exact) mass is 755 g/mol. The van der Waals surface area contributed by atoms with Crippen molar-refractivity contribution in [2.45, 2.75) is 81.4 Å². The summed E-state index contributed by atoms with van der Waals surface area (Å²) in [5.74, 6) is -4.46. The van der Waals surface area contributed by atoms with Gasteiger partial charge in [-0.3, -0.25) is 4.79 Å². The Labute approximate surface area is 308 Å². The van der Waals surface area contributed by atoms with Gasteiger partial charge in [0, 0.05) is 30.7 Å². The summed E-state index contributed by atoms with van der Waals surface area (Å²) in [5, 5.41) is 4.36. The van der Waals surface area contributed by atoms with Crippen molar-refractivity contribution in [1.82, 2.24) is 14.9 Å². The van der Waals surface area contributed by atoms with E-state index in [1.807, 2.05) is 10.8 Å². The second-order valence-electron chi connectivity index (χ2n) is 14.0. The minimum absolute atomic E-state index is 0.0559. The lowest BCUT2D eigenvalue weighted by Crippen LogP contribution is -2.55. The lowest BCUT2D eigenvalue weighted by Gasteiger charge is -2.30. The van der Waals surface area contributed by atoms with Crippen LogP contribution in [-0.4, -0.2) is 63.2 Å². The molecule has 0 aromatic heterocycles. The molecule has 1 aliphatic carbocycles. The average molecular weight is 756 g/mol. The molecule has 2 amide bonds. The fourth-order valence-electron chi connectivity index (χ4n) is 5.99. The molecule has 4 aromatic carbocycles. The van der Waals surface area contributed by atoms with E-state index >= 15 is 8.78 Å². The maximum absolute atomic E-state index is 16.5. The van der Waals surface area contributed by atoms with Gasteiger partial charge >= 0.3 is 6.09 Å². The van der Waals surface area contributed by atoms with Crippen molar-refractivity contribution in [1.29, 1.82) is 0 Å². The number of ether oxygens (including phenoxy) is 2. The zero-order valence-corrected chi connectivity index (χ0v) is 31.2. The van der Waals surface area contributed by atoms with Crippen molar-refractivity contribution in [3.8, 4) is 16.9 Å². The third-order valence-corrected chi connectivity index (χ3v) is 10.4. The fraction of sp³-hybridized carbons (Fsp3) is 0.385. The molecule has 0 aliphatic heterocycles. The fourth-order valence-corrected chi connectivity index (χ4v) is 7.34. The number of amides is 2. The molecule has 1 aliphatic rings. The van der Waals surface area contributed by atoms with Crippen molar-refractivity contribution in [2.24, 2.45) is 0 Å². The number of alkyl carbamates (subject to hydrolysis) is 1. The standard InChI is InChI=1S/C39H44ClF2N3O6S/c1-38(2,3)51-37(47)43-22-7-23-45(4)36(46)35(39(41,42)30-16-10-26(11-17-30)27-12-18-31(40)19-13-27)44-52(48,49)34-21-15-28-24-33(20-14-29(28)25-34)50-32-8-5-6-9-32/h10-21,24-25,32,35,44H,5-9,22-23H2,1-4H3,(H,43,47). The summed E-state index contributed by atoms with van der Waals surface area (Å²) < 4.78 is 73.9.